The highest BCUT2D eigenvalue weighted by molar-refractivity contribution is 5.93. The van der Waals surface area contributed by atoms with Crippen LogP contribution in [0.5, 0.6) is 0 Å². The van der Waals surface area contributed by atoms with Crippen LogP contribution in [0.1, 0.15) is 36.0 Å². The van der Waals surface area contributed by atoms with E-state index in [-0.39, 0.29) is 0 Å². The minimum absolute atomic E-state index is 0.398. The summed E-state index contributed by atoms with van der Waals surface area (Å²) in [5.41, 5.74) is 11.7. The number of nitrogens with two attached hydrogens (primary N) is 2. The number of hydrogen-bond acceptors (Lipinski definition) is 4. The standard InChI is InChI=1S/C14H22N4O/c1-18(12-5-3-2-4-11(12)9-15)13-8-10(14(16)19)6-7-17-13/h6-8,11-12H,2-5,9,15H2,1H3,(H2,16,19). The summed E-state index contributed by atoms with van der Waals surface area (Å²) in [4.78, 5) is 17.7. The summed E-state index contributed by atoms with van der Waals surface area (Å²) < 4.78 is 0. The monoisotopic (exact) mass is 262 g/mol. The first kappa shape index (κ1) is 13.8. The van der Waals surface area contributed by atoms with Crippen molar-refractivity contribution in [3.63, 3.8) is 0 Å². The Balaban J connectivity index is 2.20. The second kappa shape index (κ2) is 6.02. The normalized spacial score (nSPS) is 23.1. The molecule has 0 bridgehead atoms. The lowest BCUT2D eigenvalue weighted by Crippen LogP contribution is -2.43. The van der Waals surface area contributed by atoms with E-state index in [4.69, 9.17) is 11.5 Å². The van der Waals surface area contributed by atoms with Crippen LogP contribution >= 0.6 is 0 Å². The molecule has 1 aromatic heterocycles. The Morgan fingerprint density at radius 1 is 1.47 bits per heavy atom. The van der Waals surface area contributed by atoms with Gasteiger partial charge in [-0.1, -0.05) is 12.8 Å². The maximum absolute atomic E-state index is 11.2. The topological polar surface area (TPSA) is 85.2 Å². The number of hydrogen-bond donors (Lipinski definition) is 2. The number of anilines is 1. The van der Waals surface area contributed by atoms with Crippen LogP contribution in [0, 0.1) is 5.92 Å². The Labute approximate surface area is 114 Å². The van der Waals surface area contributed by atoms with Crippen molar-refractivity contribution in [1.82, 2.24) is 4.98 Å². The maximum atomic E-state index is 11.2. The lowest BCUT2D eigenvalue weighted by molar-refractivity contribution is 0.1000. The Kier molecular flexibility index (Phi) is 4.37. The van der Waals surface area contributed by atoms with Crippen LogP contribution < -0.4 is 16.4 Å². The van der Waals surface area contributed by atoms with Gasteiger partial charge in [0.1, 0.15) is 5.82 Å². The predicted octanol–water partition coefficient (Wildman–Crippen LogP) is 1.13. The molecule has 1 aliphatic carbocycles. The maximum Gasteiger partial charge on any atom is 0.248 e. The fraction of sp³-hybridized carbons (Fsp3) is 0.571. The lowest BCUT2D eigenvalue weighted by Gasteiger charge is -2.38. The Bertz CT molecular complexity index is 449. The van der Waals surface area contributed by atoms with Crippen molar-refractivity contribution in [2.45, 2.75) is 31.7 Å². The van der Waals surface area contributed by atoms with Crippen LogP contribution in [0.2, 0.25) is 0 Å². The molecular weight excluding hydrogens is 240 g/mol. The van der Waals surface area contributed by atoms with Gasteiger partial charge in [0.05, 0.1) is 0 Å². The van der Waals surface area contributed by atoms with Gasteiger partial charge < -0.3 is 16.4 Å². The molecule has 0 saturated heterocycles. The first-order chi connectivity index (χ1) is 9.13. The molecule has 0 aromatic carbocycles. The molecule has 104 valence electrons. The van der Waals surface area contributed by atoms with Gasteiger partial charge in [0.15, 0.2) is 0 Å². The highest BCUT2D eigenvalue weighted by Gasteiger charge is 2.28. The number of aromatic nitrogens is 1. The van der Waals surface area contributed by atoms with Gasteiger partial charge in [-0.2, -0.15) is 0 Å². The first-order valence-electron chi connectivity index (χ1n) is 6.82. The van der Waals surface area contributed by atoms with E-state index in [1.54, 1.807) is 18.3 Å². The molecule has 2 rings (SSSR count). The van der Waals surface area contributed by atoms with E-state index in [0.717, 1.165) is 12.2 Å². The molecule has 5 heteroatoms. The largest absolute Gasteiger partial charge is 0.366 e. The molecule has 5 nitrogen and oxygen atoms in total. The van der Waals surface area contributed by atoms with Crippen molar-refractivity contribution in [2.24, 2.45) is 17.4 Å². The van der Waals surface area contributed by atoms with Gasteiger partial charge in [-0.05, 0) is 37.4 Å². The molecule has 1 aliphatic rings. The molecule has 2 atom stereocenters. The van der Waals surface area contributed by atoms with E-state index in [9.17, 15) is 4.79 Å². The predicted molar refractivity (Wildman–Crippen MR) is 76.0 cm³/mol. The van der Waals surface area contributed by atoms with Gasteiger partial charge in [0, 0.05) is 24.8 Å². The molecule has 0 spiro atoms. The van der Waals surface area contributed by atoms with Crippen LogP contribution in [-0.4, -0.2) is 30.5 Å². The van der Waals surface area contributed by atoms with Crippen molar-refractivity contribution < 1.29 is 4.79 Å². The first-order valence-corrected chi connectivity index (χ1v) is 6.82. The highest BCUT2D eigenvalue weighted by Crippen LogP contribution is 2.29. The molecule has 4 N–H and O–H groups in total. The van der Waals surface area contributed by atoms with Crippen LogP contribution in [-0.2, 0) is 0 Å². The average molecular weight is 262 g/mol. The summed E-state index contributed by atoms with van der Waals surface area (Å²) in [6.45, 7) is 0.699. The molecule has 1 heterocycles. The third-order valence-electron chi connectivity index (χ3n) is 4.06. The van der Waals surface area contributed by atoms with E-state index in [1.807, 2.05) is 7.05 Å². The van der Waals surface area contributed by atoms with E-state index in [0.29, 0.717) is 24.1 Å². The van der Waals surface area contributed by atoms with Gasteiger partial charge in [-0.15, -0.1) is 0 Å². The van der Waals surface area contributed by atoms with Crippen molar-refractivity contribution in [3.05, 3.63) is 23.9 Å². The molecular formula is C14H22N4O. The van der Waals surface area contributed by atoms with E-state index < -0.39 is 5.91 Å². The summed E-state index contributed by atoms with van der Waals surface area (Å²) in [7, 11) is 2.02. The summed E-state index contributed by atoms with van der Waals surface area (Å²) in [6.07, 6.45) is 6.40. The number of rotatable bonds is 4. The van der Waals surface area contributed by atoms with Crippen molar-refractivity contribution in [3.8, 4) is 0 Å². The number of carbonyl (C=O) groups is 1. The van der Waals surface area contributed by atoms with Gasteiger partial charge >= 0.3 is 0 Å². The Morgan fingerprint density at radius 3 is 2.89 bits per heavy atom. The minimum atomic E-state index is -0.420. The van der Waals surface area contributed by atoms with Gasteiger partial charge in [-0.3, -0.25) is 4.79 Å². The van der Waals surface area contributed by atoms with Crippen LogP contribution in [0.25, 0.3) is 0 Å². The molecule has 1 aromatic rings. The molecule has 0 aliphatic heterocycles. The highest BCUT2D eigenvalue weighted by atomic mass is 16.1. The zero-order valence-electron chi connectivity index (χ0n) is 11.4. The number of nitrogens with zero attached hydrogens (tertiary/aromatic N) is 2. The van der Waals surface area contributed by atoms with Crippen molar-refractivity contribution in [1.29, 1.82) is 0 Å². The summed E-state index contributed by atoms with van der Waals surface area (Å²) in [5.74, 6) is 0.871. The fourth-order valence-corrected chi connectivity index (χ4v) is 2.91. The zero-order valence-corrected chi connectivity index (χ0v) is 11.4. The lowest BCUT2D eigenvalue weighted by atomic mass is 9.83. The second-order valence-corrected chi connectivity index (χ2v) is 5.23. The Hall–Kier alpha value is -1.62. The average Bonchev–Trinajstić information content (AvgIpc) is 2.46. The Morgan fingerprint density at radius 2 is 2.21 bits per heavy atom. The molecule has 19 heavy (non-hydrogen) atoms. The summed E-state index contributed by atoms with van der Waals surface area (Å²) >= 11 is 0. The third kappa shape index (κ3) is 3.04. The number of pyridine rings is 1. The van der Waals surface area contributed by atoms with E-state index >= 15 is 0 Å². The smallest absolute Gasteiger partial charge is 0.248 e. The second-order valence-electron chi connectivity index (χ2n) is 5.23. The van der Waals surface area contributed by atoms with E-state index in [1.165, 1.54) is 19.3 Å². The summed E-state index contributed by atoms with van der Waals surface area (Å²) in [6, 6.07) is 3.79. The number of carbonyl (C=O) groups excluding carboxylic acids is 1. The minimum Gasteiger partial charge on any atom is -0.366 e. The quantitative estimate of drug-likeness (QED) is 0.852. The molecule has 1 fully saturated rings. The SMILES string of the molecule is CN(c1cc(C(N)=O)ccn1)C1CCCCC1CN. The molecule has 1 saturated carbocycles. The van der Waals surface area contributed by atoms with E-state index in [2.05, 4.69) is 9.88 Å². The molecule has 0 radical (unpaired) electrons. The fourth-order valence-electron chi connectivity index (χ4n) is 2.91. The number of amides is 1. The zero-order chi connectivity index (χ0) is 13.8. The molecule has 1 amide bonds. The van der Waals surface area contributed by atoms with Crippen molar-refractivity contribution >= 4 is 11.7 Å². The van der Waals surface area contributed by atoms with Crippen LogP contribution in [0.15, 0.2) is 18.3 Å². The summed E-state index contributed by atoms with van der Waals surface area (Å²) in [5, 5.41) is 0. The van der Waals surface area contributed by atoms with Crippen LogP contribution in [0.3, 0.4) is 0 Å². The van der Waals surface area contributed by atoms with Crippen LogP contribution in [0.4, 0.5) is 5.82 Å². The van der Waals surface area contributed by atoms with Gasteiger partial charge in [0.2, 0.25) is 5.91 Å². The molecule has 2 unspecified atom stereocenters. The third-order valence-corrected chi connectivity index (χ3v) is 4.06. The van der Waals surface area contributed by atoms with Crippen molar-refractivity contribution in [2.75, 3.05) is 18.5 Å². The van der Waals surface area contributed by atoms with Gasteiger partial charge in [-0.25, -0.2) is 4.98 Å². The number of primary amides is 1. The van der Waals surface area contributed by atoms with Gasteiger partial charge in [0.25, 0.3) is 0 Å².